The number of hydrogen-bond acceptors (Lipinski definition) is 8. The zero-order valence-corrected chi connectivity index (χ0v) is 37.6. The van der Waals surface area contributed by atoms with E-state index in [0.717, 1.165) is 36.1 Å². The predicted octanol–water partition coefficient (Wildman–Crippen LogP) is 7.94. The van der Waals surface area contributed by atoms with Crippen LogP contribution in [0.2, 0.25) is 0 Å². The Morgan fingerprint density at radius 3 is 1.68 bits per heavy atom. The van der Waals surface area contributed by atoms with Gasteiger partial charge in [0, 0.05) is 37.3 Å². The summed E-state index contributed by atoms with van der Waals surface area (Å²) in [6, 6.07) is 23.0. The van der Waals surface area contributed by atoms with E-state index in [1.54, 1.807) is 23.3 Å². The minimum Gasteiger partial charge on any atom is -0.453 e. The highest BCUT2D eigenvalue weighted by Crippen LogP contribution is 2.47. The molecule has 0 aliphatic carbocycles. The molecule has 333 valence electrons. The summed E-state index contributed by atoms with van der Waals surface area (Å²) in [5.74, 6) is -1.11. The first-order chi connectivity index (χ1) is 29.6. The largest absolute Gasteiger partial charge is 0.453 e. The van der Waals surface area contributed by atoms with Gasteiger partial charge in [-0.05, 0) is 109 Å². The van der Waals surface area contributed by atoms with Crippen LogP contribution in [0, 0.1) is 12.3 Å². The van der Waals surface area contributed by atoms with Gasteiger partial charge in [0.1, 0.15) is 18.1 Å². The van der Waals surface area contributed by atoms with Crippen molar-refractivity contribution in [2.24, 2.45) is 5.92 Å². The summed E-state index contributed by atoms with van der Waals surface area (Å²) in [6.07, 6.45) is 5.69. The molecule has 3 saturated heterocycles. The van der Waals surface area contributed by atoms with Crippen molar-refractivity contribution in [3.05, 3.63) is 95.9 Å². The fourth-order valence-corrected chi connectivity index (χ4v) is 9.08. The first kappa shape index (κ1) is 46.1. The quantitative estimate of drug-likeness (QED) is 0.148. The van der Waals surface area contributed by atoms with Crippen LogP contribution in [0.15, 0.2) is 72.8 Å². The van der Waals surface area contributed by atoms with E-state index >= 15 is 0 Å². The van der Waals surface area contributed by atoms with Gasteiger partial charge < -0.3 is 40.1 Å². The summed E-state index contributed by atoms with van der Waals surface area (Å²) in [6.45, 7) is 13.3. The van der Waals surface area contributed by atoms with Crippen LogP contribution in [0.3, 0.4) is 0 Å². The van der Waals surface area contributed by atoms with Gasteiger partial charge in [-0.2, -0.15) is 0 Å². The van der Waals surface area contributed by atoms with Gasteiger partial charge in [-0.1, -0.05) is 77.9 Å². The van der Waals surface area contributed by atoms with Crippen molar-refractivity contribution in [1.29, 1.82) is 0 Å². The molecule has 0 aromatic heterocycles. The maximum absolute atomic E-state index is 13.7. The van der Waals surface area contributed by atoms with Gasteiger partial charge in [-0.3, -0.25) is 19.2 Å². The summed E-state index contributed by atoms with van der Waals surface area (Å²) in [4.78, 5) is 71.5. The molecule has 3 aromatic carbocycles. The number of methoxy groups -OCH3 is 2. The molecule has 6 atom stereocenters. The van der Waals surface area contributed by atoms with Gasteiger partial charge in [0.2, 0.25) is 23.6 Å². The number of carbonyl (C=O) groups excluding carboxylic acids is 5. The van der Waals surface area contributed by atoms with Crippen LogP contribution in [0.5, 0.6) is 0 Å². The second kappa shape index (κ2) is 20.2. The molecule has 62 heavy (non-hydrogen) atoms. The zero-order chi connectivity index (χ0) is 44.7. The molecule has 0 spiro atoms. The number of alkyl carbamates (subject to hydrolysis) is 1. The minimum atomic E-state index is -0.803. The van der Waals surface area contributed by atoms with E-state index in [9.17, 15) is 24.0 Å². The third-order valence-corrected chi connectivity index (χ3v) is 12.6. The Morgan fingerprint density at radius 1 is 0.726 bits per heavy atom. The van der Waals surface area contributed by atoms with E-state index in [-0.39, 0.29) is 53.1 Å². The Balaban J connectivity index is 1.17. The Hall–Kier alpha value is -5.43. The number of benzene rings is 3. The molecule has 3 aromatic rings. The van der Waals surface area contributed by atoms with E-state index in [0.29, 0.717) is 50.1 Å². The minimum absolute atomic E-state index is 0.00466. The number of nitrogens with zero attached hydrogens (tertiary/aromatic N) is 3. The van der Waals surface area contributed by atoms with Crippen LogP contribution in [-0.4, -0.2) is 91.1 Å². The highest BCUT2D eigenvalue weighted by molar-refractivity contribution is 5.99. The monoisotopic (exact) mass is 849 g/mol. The average Bonchev–Trinajstić information content (AvgIpc) is 4.06. The van der Waals surface area contributed by atoms with Crippen molar-refractivity contribution in [3.8, 4) is 0 Å². The lowest BCUT2D eigenvalue weighted by Gasteiger charge is -2.34. The van der Waals surface area contributed by atoms with Crippen LogP contribution in [0.4, 0.5) is 21.9 Å². The normalized spacial score (nSPS) is 21.1. The number of amides is 5. The van der Waals surface area contributed by atoms with Crippen molar-refractivity contribution >= 4 is 46.8 Å². The fraction of sp³-hybridized carbons (Fsp3) is 0.510. The van der Waals surface area contributed by atoms with Crippen molar-refractivity contribution in [1.82, 2.24) is 15.1 Å². The predicted molar refractivity (Wildman–Crippen MR) is 242 cm³/mol. The maximum Gasteiger partial charge on any atom is 0.407 e. The van der Waals surface area contributed by atoms with Crippen LogP contribution >= 0.6 is 0 Å². The molecule has 3 aliphatic rings. The van der Waals surface area contributed by atoms with Crippen molar-refractivity contribution < 1.29 is 33.4 Å². The van der Waals surface area contributed by atoms with Gasteiger partial charge >= 0.3 is 6.09 Å². The number of rotatable bonds is 14. The molecule has 13 nitrogen and oxygen atoms in total. The molecule has 3 aliphatic heterocycles. The number of anilines is 3. The first-order valence-electron chi connectivity index (χ1n) is 22.2. The summed E-state index contributed by atoms with van der Waals surface area (Å²) in [7, 11) is 2.84. The number of nitrogens with one attached hydrogen (secondary N) is 3. The summed E-state index contributed by atoms with van der Waals surface area (Å²) >= 11 is 0. The third kappa shape index (κ3) is 10.6. The molecule has 0 saturated carbocycles. The molecule has 3 fully saturated rings. The number of carbonyl (C=O) groups is 5. The van der Waals surface area contributed by atoms with Crippen LogP contribution in [-0.2, 0) is 34.1 Å². The molecule has 3 N–H and O–H groups in total. The molecule has 0 unspecified atom stereocenters. The van der Waals surface area contributed by atoms with Gasteiger partial charge in [-0.15, -0.1) is 0 Å². The lowest BCUT2D eigenvalue weighted by molar-refractivity contribution is -0.139. The van der Waals surface area contributed by atoms with E-state index in [2.05, 4.69) is 90.2 Å². The Bertz CT molecular complexity index is 2030. The molecule has 13 heteroatoms. The lowest BCUT2D eigenvalue weighted by atomic mass is 9.87. The van der Waals surface area contributed by atoms with Crippen molar-refractivity contribution in [2.75, 3.05) is 42.8 Å². The van der Waals surface area contributed by atoms with E-state index < -0.39 is 24.2 Å². The number of hydrogen-bond donors (Lipinski definition) is 3. The fourth-order valence-electron chi connectivity index (χ4n) is 9.08. The topological polar surface area (TPSA) is 150 Å². The molecular weight excluding hydrogens is 785 g/mol. The first-order valence-corrected chi connectivity index (χ1v) is 22.2. The van der Waals surface area contributed by atoms with Gasteiger partial charge in [0.25, 0.3) is 0 Å². The Labute approximate surface area is 367 Å². The average molecular weight is 850 g/mol. The summed E-state index contributed by atoms with van der Waals surface area (Å²) in [5.41, 5.74) is 5.93. The van der Waals surface area contributed by atoms with Crippen molar-refractivity contribution in [3.63, 3.8) is 0 Å². The molecule has 6 rings (SSSR count). The lowest BCUT2D eigenvalue weighted by Crippen LogP contribution is -2.54. The number of ether oxygens (including phenoxy) is 2. The second-order valence-corrected chi connectivity index (χ2v) is 18.1. The SMILES string of the molecule is CC[C@@H]([CH]C(=O)N1CCC[C@H]1C(=O)Nc1ccc([C@@H]2CC[C@@H](c3ccc(NC(=O)[C@@H]4CCCN4C(=O)[C@@H](NC(=O)OC)C(C)C)cc3)N2c2ccc(C(C)(C)C)cc2)cc1)OC. The van der Waals surface area contributed by atoms with Gasteiger partial charge in [0.05, 0.1) is 31.7 Å². The smallest absolute Gasteiger partial charge is 0.407 e. The van der Waals surface area contributed by atoms with Crippen LogP contribution < -0.4 is 20.9 Å². The van der Waals surface area contributed by atoms with Crippen LogP contribution in [0.1, 0.15) is 115 Å². The maximum atomic E-state index is 13.7. The molecule has 1 radical (unpaired) electrons. The van der Waals surface area contributed by atoms with E-state index in [4.69, 9.17) is 9.47 Å². The molecule has 5 amide bonds. The number of likely N-dealkylation sites (tertiary alicyclic amines) is 2. The van der Waals surface area contributed by atoms with E-state index in [1.807, 2.05) is 45.0 Å². The van der Waals surface area contributed by atoms with Crippen molar-refractivity contribution in [2.45, 2.75) is 128 Å². The Kier molecular flexibility index (Phi) is 15.0. The summed E-state index contributed by atoms with van der Waals surface area (Å²) in [5, 5.41) is 8.75. The van der Waals surface area contributed by atoms with E-state index in [1.165, 1.54) is 12.7 Å². The Morgan fingerprint density at radius 2 is 1.23 bits per heavy atom. The van der Waals surface area contributed by atoms with Gasteiger partial charge in [-0.25, -0.2) is 4.79 Å². The molecular formula is C49H65N6O7. The third-order valence-electron chi connectivity index (χ3n) is 12.6. The zero-order valence-electron chi connectivity index (χ0n) is 37.6. The second-order valence-electron chi connectivity index (χ2n) is 18.1. The molecule has 3 heterocycles. The highest BCUT2D eigenvalue weighted by atomic mass is 16.5. The van der Waals surface area contributed by atoms with Crippen LogP contribution in [0.25, 0.3) is 0 Å². The highest BCUT2D eigenvalue weighted by Gasteiger charge is 2.40. The standard InChI is InChI=1S/C49H65N6O7/c1-9-38(61-7)30-43(56)53-28-10-12-41(53)45(57)50-35-20-14-32(15-21-35)39-26-27-40(55(39)37-24-18-34(19-25-37)49(4,5)6)33-16-22-36(23-17-33)51-46(58)42-13-11-29-54(42)47(59)44(31(2)3)52-48(60)62-8/h14-25,30-31,38-42,44H,9-13,26-29H2,1-8H3,(H,50,57)(H,51,58)(H,52,60)/t38-,39-,40-,41-,42-,44-/m0/s1. The summed E-state index contributed by atoms with van der Waals surface area (Å²) < 4.78 is 10.1. The van der Waals surface area contributed by atoms with Gasteiger partial charge in [0.15, 0.2) is 0 Å². The molecule has 0 bridgehead atoms.